The van der Waals surface area contributed by atoms with Crippen molar-refractivity contribution in [2.24, 2.45) is 7.05 Å². The third kappa shape index (κ3) is 2.20. The maximum atomic E-state index is 11.8. The predicted molar refractivity (Wildman–Crippen MR) is 77.4 cm³/mol. The summed E-state index contributed by atoms with van der Waals surface area (Å²) in [7, 11) is 1.75. The first kappa shape index (κ1) is 12.1. The summed E-state index contributed by atoms with van der Waals surface area (Å²) in [5.41, 5.74) is 0.357. The third-order valence-electron chi connectivity index (χ3n) is 2.66. The molecule has 3 heterocycles. The minimum absolute atomic E-state index is 0.199. The minimum Gasteiger partial charge on any atom is -0.306 e. The Morgan fingerprint density at radius 1 is 1.47 bits per heavy atom. The number of fused-ring (bicyclic) bond motifs is 1. The number of aromatic amines is 1. The van der Waals surface area contributed by atoms with E-state index in [1.807, 2.05) is 17.5 Å². The van der Waals surface area contributed by atoms with Crippen LogP contribution in [0.4, 0.5) is 0 Å². The molecule has 0 aromatic carbocycles. The zero-order valence-corrected chi connectivity index (χ0v) is 11.5. The number of rotatable bonds is 2. The van der Waals surface area contributed by atoms with Gasteiger partial charge in [0, 0.05) is 11.9 Å². The first-order valence-electron chi connectivity index (χ1n) is 5.48. The van der Waals surface area contributed by atoms with Crippen LogP contribution in [0.5, 0.6) is 0 Å². The van der Waals surface area contributed by atoms with Crippen molar-refractivity contribution in [1.82, 2.24) is 19.7 Å². The molecule has 19 heavy (non-hydrogen) atoms. The summed E-state index contributed by atoms with van der Waals surface area (Å²) in [6.45, 7) is 0. The first-order chi connectivity index (χ1) is 9.15. The van der Waals surface area contributed by atoms with Crippen molar-refractivity contribution in [3.8, 4) is 0 Å². The molecule has 5 nitrogen and oxygen atoms in total. The molecule has 0 saturated carbocycles. The number of nitrogens with one attached hydrogen (secondary N) is 1. The quantitative estimate of drug-likeness (QED) is 0.789. The average molecular weight is 293 g/mol. The molecule has 0 aliphatic heterocycles. The van der Waals surface area contributed by atoms with Gasteiger partial charge in [0.05, 0.1) is 11.2 Å². The number of nitrogens with zero attached hydrogens (tertiary/aromatic N) is 3. The van der Waals surface area contributed by atoms with Gasteiger partial charge in [-0.05, 0) is 23.6 Å². The van der Waals surface area contributed by atoms with E-state index in [0.29, 0.717) is 21.9 Å². The first-order valence-corrected chi connectivity index (χ1v) is 6.74. The Bertz CT molecular complexity index is 830. The van der Waals surface area contributed by atoms with Crippen LogP contribution in [0.3, 0.4) is 0 Å². The third-order valence-corrected chi connectivity index (χ3v) is 3.98. The van der Waals surface area contributed by atoms with Crippen LogP contribution >= 0.6 is 22.9 Å². The van der Waals surface area contributed by atoms with Gasteiger partial charge in [0.25, 0.3) is 5.56 Å². The molecular formula is C12H9ClN4OS. The monoisotopic (exact) mass is 292 g/mol. The molecule has 0 fully saturated rings. The van der Waals surface area contributed by atoms with Gasteiger partial charge in [-0.15, -0.1) is 11.3 Å². The fourth-order valence-corrected chi connectivity index (χ4v) is 2.72. The maximum Gasteiger partial charge on any atom is 0.262 e. The van der Waals surface area contributed by atoms with Crippen LogP contribution in [0, 0.1) is 0 Å². The van der Waals surface area contributed by atoms with Crippen LogP contribution in [0.1, 0.15) is 10.7 Å². The fourth-order valence-electron chi connectivity index (χ4n) is 1.71. The van der Waals surface area contributed by atoms with Crippen molar-refractivity contribution in [2.75, 3.05) is 0 Å². The summed E-state index contributed by atoms with van der Waals surface area (Å²) in [5, 5.41) is 7.08. The van der Waals surface area contributed by atoms with Crippen LogP contribution in [-0.2, 0) is 7.05 Å². The van der Waals surface area contributed by atoms with Gasteiger partial charge >= 0.3 is 0 Å². The van der Waals surface area contributed by atoms with Gasteiger partial charge in [0.2, 0.25) is 0 Å². The Hall–Kier alpha value is -1.92. The summed E-state index contributed by atoms with van der Waals surface area (Å²) in [6.07, 6.45) is 5.06. The Kier molecular flexibility index (Phi) is 2.96. The summed E-state index contributed by atoms with van der Waals surface area (Å²) < 4.78 is 1.57. The summed E-state index contributed by atoms with van der Waals surface area (Å²) in [5.74, 6) is 0.477. The normalized spacial score (nSPS) is 11.7. The Balaban J connectivity index is 2.06. The Morgan fingerprint density at radius 2 is 2.32 bits per heavy atom. The van der Waals surface area contributed by atoms with Crippen molar-refractivity contribution < 1.29 is 0 Å². The molecule has 0 radical (unpaired) electrons. The molecule has 3 aromatic rings. The second-order valence-electron chi connectivity index (χ2n) is 3.92. The molecular weight excluding hydrogens is 284 g/mol. The fraction of sp³-hybridized carbons (Fsp3) is 0.0833. The lowest BCUT2D eigenvalue weighted by Gasteiger charge is -1.96. The van der Waals surface area contributed by atoms with Crippen LogP contribution in [0.15, 0.2) is 22.4 Å². The molecule has 0 aliphatic rings. The van der Waals surface area contributed by atoms with Crippen molar-refractivity contribution >= 4 is 46.1 Å². The van der Waals surface area contributed by atoms with E-state index in [2.05, 4.69) is 15.1 Å². The smallest absolute Gasteiger partial charge is 0.262 e. The van der Waals surface area contributed by atoms with Gasteiger partial charge in [0.1, 0.15) is 11.2 Å². The van der Waals surface area contributed by atoms with E-state index in [9.17, 15) is 4.79 Å². The van der Waals surface area contributed by atoms with Crippen molar-refractivity contribution in [3.63, 3.8) is 0 Å². The lowest BCUT2D eigenvalue weighted by atomic mass is 10.3. The van der Waals surface area contributed by atoms with Crippen LogP contribution in [0.25, 0.3) is 23.2 Å². The van der Waals surface area contributed by atoms with Gasteiger partial charge in [-0.25, -0.2) is 4.98 Å². The van der Waals surface area contributed by atoms with Crippen LogP contribution in [-0.4, -0.2) is 19.7 Å². The zero-order chi connectivity index (χ0) is 13.4. The Morgan fingerprint density at radius 3 is 3.05 bits per heavy atom. The lowest BCUT2D eigenvalue weighted by Crippen LogP contribution is -2.09. The number of aromatic nitrogens is 4. The standard InChI is InChI=1S/C12H9ClN4OS/c1-17-11-7(6-14-17)12(18)16-10(15-11)3-2-9-8(13)4-5-19-9/h2-6H,1H3,(H,15,16,18)/b3-2+. The van der Waals surface area contributed by atoms with Gasteiger partial charge in [-0.2, -0.15) is 5.10 Å². The number of thiophene rings is 1. The highest BCUT2D eigenvalue weighted by Gasteiger charge is 2.06. The molecule has 0 saturated heterocycles. The predicted octanol–water partition coefficient (Wildman–Crippen LogP) is 2.54. The molecule has 3 rings (SSSR count). The highest BCUT2D eigenvalue weighted by Crippen LogP contribution is 2.23. The molecule has 0 aliphatic carbocycles. The summed E-state index contributed by atoms with van der Waals surface area (Å²) in [4.78, 5) is 19.8. The van der Waals surface area contributed by atoms with E-state index in [1.165, 1.54) is 17.5 Å². The Labute approximate surface area is 117 Å². The highest BCUT2D eigenvalue weighted by atomic mass is 35.5. The van der Waals surface area contributed by atoms with E-state index in [-0.39, 0.29) is 5.56 Å². The molecule has 7 heteroatoms. The van der Waals surface area contributed by atoms with Gasteiger partial charge in [-0.1, -0.05) is 11.6 Å². The van der Waals surface area contributed by atoms with E-state index >= 15 is 0 Å². The highest BCUT2D eigenvalue weighted by molar-refractivity contribution is 7.11. The SMILES string of the molecule is Cn1ncc2c(=O)[nH]c(/C=C/c3sccc3Cl)nc21. The van der Waals surface area contributed by atoms with Crippen molar-refractivity contribution in [3.05, 3.63) is 43.7 Å². The van der Waals surface area contributed by atoms with Crippen molar-refractivity contribution in [2.45, 2.75) is 0 Å². The minimum atomic E-state index is -0.199. The van der Waals surface area contributed by atoms with Crippen LogP contribution in [0.2, 0.25) is 5.02 Å². The largest absolute Gasteiger partial charge is 0.306 e. The molecule has 0 unspecified atom stereocenters. The summed E-state index contributed by atoms with van der Waals surface area (Å²) in [6, 6.07) is 1.83. The van der Waals surface area contributed by atoms with Gasteiger partial charge in [0.15, 0.2) is 5.65 Å². The van der Waals surface area contributed by atoms with E-state index in [4.69, 9.17) is 11.6 Å². The second-order valence-corrected chi connectivity index (χ2v) is 5.28. The average Bonchev–Trinajstić information content (AvgIpc) is 2.95. The van der Waals surface area contributed by atoms with Gasteiger partial charge < -0.3 is 4.98 Å². The molecule has 0 bridgehead atoms. The molecule has 0 amide bonds. The number of aryl methyl sites for hydroxylation is 1. The molecule has 1 N–H and O–H groups in total. The molecule has 96 valence electrons. The van der Waals surface area contributed by atoms with E-state index in [0.717, 1.165) is 4.88 Å². The number of halogens is 1. The molecule has 0 spiro atoms. The zero-order valence-electron chi connectivity index (χ0n) is 9.92. The summed E-state index contributed by atoms with van der Waals surface area (Å²) >= 11 is 7.52. The number of hydrogen-bond acceptors (Lipinski definition) is 4. The molecule has 3 aromatic heterocycles. The second kappa shape index (κ2) is 4.64. The lowest BCUT2D eigenvalue weighted by molar-refractivity contribution is 0.784. The van der Waals surface area contributed by atoms with Crippen molar-refractivity contribution in [1.29, 1.82) is 0 Å². The number of hydrogen-bond donors (Lipinski definition) is 1. The van der Waals surface area contributed by atoms with Gasteiger partial charge in [-0.3, -0.25) is 9.48 Å². The van der Waals surface area contributed by atoms with E-state index in [1.54, 1.807) is 17.8 Å². The van der Waals surface area contributed by atoms with Crippen LogP contribution < -0.4 is 5.56 Å². The number of H-pyrrole nitrogens is 1. The topological polar surface area (TPSA) is 63.6 Å². The maximum absolute atomic E-state index is 11.8. The van der Waals surface area contributed by atoms with E-state index < -0.39 is 0 Å². The molecule has 0 atom stereocenters.